The summed E-state index contributed by atoms with van der Waals surface area (Å²) in [6.45, 7) is 4.65. The van der Waals surface area contributed by atoms with Gasteiger partial charge in [0.25, 0.3) is 0 Å². The Kier molecular flexibility index (Phi) is 3.69. The van der Waals surface area contributed by atoms with Gasteiger partial charge in [0.05, 0.1) is 30.1 Å². The quantitative estimate of drug-likeness (QED) is 0.737. The van der Waals surface area contributed by atoms with E-state index in [0.717, 1.165) is 34.4 Å². The van der Waals surface area contributed by atoms with Crippen molar-refractivity contribution in [2.24, 2.45) is 0 Å². The summed E-state index contributed by atoms with van der Waals surface area (Å²) in [6.07, 6.45) is 6.13. The van der Waals surface area contributed by atoms with Crippen LogP contribution in [-0.2, 0) is 13.0 Å². The summed E-state index contributed by atoms with van der Waals surface area (Å²) in [4.78, 5) is 8.42. The normalized spacial score (nSPS) is 15.6. The molecule has 0 radical (unpaired) electrons. The van der Waals surface area contributed by atoms with Gasteiger partial charge < -0.3 is 4.74 Å². The van der Waals surface area contributed by atoms with Gasteiger partial charge in [-0.05, 0) is 42.7 Å². The molecule has 0 bridgehead atoms. The predicted molar refractivity (Wildman–Crippen MR) is 92.0 cm³/mol. The molecule has 124 valence electrons. The molecule has 2 aromatic heterocycles. The van der Waals surface area contributed by atoms with Gasteiger partial charge in [0.1, 0.15) is 6.10 Å². The molecular formula is C19H17N5O. The maximum Gasteiger partial charge on any atom is 0.316 e. The van der Waals surface area contributed by atoms with Crippen LogP contribution in [0.4, 0.5) is 0 Å². The molecule has 6 nitrogen and oxygen atoms in total. The van der Waals surface area contributed by atoms with E-state index in [2.05, 4.69) is 21.1 Å². The van der Waals surface area contributed by atoms with Crippen LogP contribution in [0.2, 0.25) is 0 Å². The van der Waals surface area contributed by atoms with Crippen LogP contribution in [0.1, 0.15) is 22.4 Å². The third-order valence-electron chi connectivity index (χ3n) is 4.42. The van der Waals surface area contributed by atoms with Gasteiger partial charge in [-0.1, -0.05) is 6.07 Å². The van der Waals surface area contributed by atoms with Gasteiger partial charge in [-0.3, -0.25) is 4.68 Å². The number of aromatic nitrogens is 4. The Hall–Kier alpha value is -3.20. The molecule has 0 fully saturated rings. The number of hydrogen-bond acceptors (Lipinski definition) is 5. The number of hydrogen-bond donors (Lipinski definition) is 0. The zero-order valence-electron chi connectivity index (χ0n) is 14.1. The lowest BCUT2D eigenvalue weighted by Gasteiger charge is -2.11. The Balaban J connectivity index is 1.57. The smallest absolute Gasteiger partial charge is 0.316 e. The maximum absolute atomic E-state index is 9.04. The maximum atomic E-state index is 9.04. The van der Waals surface area contributed by atoms with Crippen LogP contribution < -0.4 is 4.74 Å². The van der Waals surface area contributed by atoms with Gasteiger partial charge in [-0.25, -0.2) is 9.97 Å². The SMILES string of the molecule is Cc1cnc(O[C@@H]2Cc3c(-c4ccc(C#N)cc4C)cnn3C2)nc1. The second-order valence-corrected chi connectivity index (χ2v) is 6.32. The van der Waals surface area contributed by atoms with Crippen molar-refractivity contribution in [3.8, 4) is 23.2 Å². The summed E-state index contributed by atoms with van der Waals surface area (Å²) in [7, 11) is 0. The van der Waals surface area contributed by atoms with Crippen molar-refractivity contribution in [2.45, 2.75) is 32.9 Å². The lowest BCUT2D eigenvalue weighted by molar-refractivity contribution is 0.182. The third kappa shape index (κ3) is 2.85. The first-order chi connectivity index (χ1) is 12.1. The third-order valence-corrected chi connectivity index (χ3v) is 4.42. The molecule has 0 unspecified atom stereocenters. The first-order valence-corrected chi connectivity index (χ1v) is 8.15. The summed E-state index contributed by atoms with van der Waals surface area (Å²) in [5.74, 6) is 0. The average Bonchev–Trinajstić information content (AvgIpc) is 3.17. The monoisotopic (exact) mass is 331 g/mol. The van der Waals surface area contributed by atoms with Gasteiger partial charge in [0.2, 0.25) is 0 Å². The zero-order chi connectivity index (χ0) is 17.4. The fraction of sp³-hybridized carbons (Fsp3) is 0.263. The standard InChI is InChI=1S/C19H17N5O/c1-12-8-21-19(22-9-12)25-15-6-18-17(10-23-24(18)11-15)16-4-3-14(7-20)5-13(16)2/h3-5,8-10,15H,6,11H2,1-2H3/t15-/m1/s1. The lowest BCUT2D eigenvalue weighted by atomic mass is 9.98. The van der Waals surface area contributed by atoms with Crippen LogP contribution in [-0.4, -0.2) is 25.9 Å². The fourth-order valence-electron chi connectivity index (χ4n) is 3.19. The van der Waals surface area contributed by atoms with E-state index in [1.54, 1.807) is 12.4 Å². The Labute approximate surface area is 145 Å². The molecule has 1 aromatic carbocycles. The van der Waals surface area contributed by atoms with E-state index in [9.17, 15) is 0 Å². The van der Waals surface area contributed by atoms with E-state index in [1.165, 1.54) is 0 Å². The van der Waals surface area contributed by atoms with Gasteiger partial charge in [-0.15, -0.1) is 0 Å². The molecule has 0 N–H and O–H groups in total. The molecule has 4 rings (SSSR count). The summed E-state index contributed by atoms with van der Waals surface area (Å²) >= 11 is 0. The number of nitriles is 1. The highest BCUT2D eigenvalue weighted by molar-refractivity contribution is 5.70. The van der Waals surface area contributed by atoms with Gasteiger partial charge >= 0.3 is 6.01 Å². The number of benzene rings is 1. The molecule has 1 aliphatic rings. The zero-order valence-corrected chi connectivity index (χ0v) is 14.1. The number of ether oxygens (including phenoxy) is 1. The van der Waals surface area contributed by atoms with Gasteiger partial charge in [0.15, 0.2) is 0 Å². The van der Waals surface area contributed by atoms with Crippen molar-refractivity contribution < 1.29 is 4.74 Å². The molecule has 3 aromatic rings. The predicted octanol–water partition coefficient (Wildman–Crippen LogP) is 2.83. The molecule has 25 heavy (non-hydrogen) atoms. The van der Waals surface area contributed by atoms with Crippen LogP contribution in [0, 0.1) is 25.2 Å². The Morgan fingerprint density at radius 3 is 2.68 bits per heavy atom. The highest BCUT2D eigenvalue weighted by Crippen LogP contribution is 2.31. The number of nitrogens with zero attached hydrogens (tertiary/aromatic N) is 5. The largest absolute Gasteiger partial charge is 0.458 e. The minimum atomic E-state index is -0.0242. The molecule has 0 saturated heterocycles. The van der Waals surface area contributed by atoms with Crippen molar-refractivity contribution in [1.82, 2.24) is 19.7 Å². The minimum absolute atomic E-state index is 0.0242. The van der Waals surface area contributed by atoms with Crippen LogP contribution >= 0.6 is 0 Å². The van der Waals surface area contributed by atoms with Crippen molar-refractivity contribution in [3.63, 3.8) is 0 Å². The van der Waals surface area contributed by atoms with E-state index in [1.807, 2.05) is 42.9 Å². The van der Waals surface area contributed by atoms with Crippen LogP contribution in [0.15, 0.2) is 36.8 Å². The number of aryl methyl sites for hydroxylation is 2. The van der Waals surface area contributed by atoms with E-state index >= 15 is 0 Å². The molecule has 1 aliphatic heterocycles. The van der Waals surface area contributed by atoms with Crippen molar-refractivity contribution in [2.75, 3.05) is 0 Å². The molecule has 6 heteroatoms. The highest BCUT2D eigenvalue weighted by Gasteiger charge is 2.28. The Morgan fingerprint density at radius 1 is 1.16 bits per heavy atom. The molecule has 0 spiro atoms. The molecule has 0 aliphatic carbocycles. The number of fused-ring (bicyclic) bond motifs is 1. The topological polar surface area (TPSA) is 76.6 Å². The van der Waals surface area contributed by atoms with Gasteiger partial charge in [0, 0.05) is 24.4 Å². The second-order valence-electron chi connectivity index (χ2n) is 6.32. The second kappa shape index (κ2) is 6.02. The summed E-state index contributed by atoms with van der Waals surface area (Å²) in [5.41, 5.74) is 6.09. The number of rotatable bonds is 3. The Bertz CT molecular complexity index is 968. The van der Waals surface area contributed by atoms with Crippen LogP contribution in [0.25, 0.3) is 11.1 Å². The van der Waals surface area contributed by atoms with Crippen molar-refractivity contribution >= 4 is 0 Å². The van der Waals surface area contributed by atoms with E-state index in [4.69, 9.17) is 10.00 Å². The molecule has 1 atom stereocenters. The Morgan fingerprint density at radius 2 is 1.96 bits per heavy atom. The summed E-state index contributed by atoms with van der Waals surface area (Å²) < 4.78 is 7.88. The average molecular weight is 331 g/mol. The van der Waals surface area contributed by atoms with E-state index < -0.39 is 0 Å². The summed E-state index contributed by atoms with van der Waals surface area (Å²) in [5, 5.41) is 13.5. The highest BCUT2D eigenvalue weighted by atomic mass is 16.5. The molecule has 0 saturated carbocycles. The molecule has 0 amide bonds. The van der Waals surface area contributed by atoms with E-state index in [-0.39, 0.29) is 6.10 Å². The molecule has 3 heterocycles. The van der Waals surface area contributed by atoms with Crippen LogP contribution in [0.3, 0.4) is 0 Å². The first kappa shape index (κ1) is 15.3. The lowest BCUT2D eigenvalue weighted by Crippen LogP contribution is -2.19. The molecular weight excluding hydrogens is 314 g/mol. The van der Waals surface area contributed by atoms with Crippen molar-refractivity contribution in [1.29, 1.82) is 5.26 Å². The fourth-order valence-corrected chi connectivity index (χ4v) is 3.19. The van der Waals surface area contributed by atoms with Crippen LogP contribution in [0.5, 0.6) is 6.01 Å². The first-order valence-electron chi connectivity index (χ1n) is 8.15. The van der Waals surface area contributed by atoms with E-state index in [0.29, 0.717) is 18.1 Å². The van der Waals surface area contributed by atoms with Crippen molar-refractivity contribution in [3.05, 3.63) is 59.2 Å². The summed E-state index contributed by atoms with van der Waals surface area (Å²) in [6, 6.07) is 8.31. The van der Waals surface area contributed by atoms with Gasteiger partial charge in [-0.2, -0.15) is 10.4 Å². The minimum Gasteiger partial charge on any atom is -0.458 e.